The minimum absolute atomic E-state index is 0.0111. The molecule has 0 spiro atoms. The van der Waals surface area contributed by atoms with Crippen LogP contribution in [0.5, 0.6) is 0 Å². The molecular formula is C17H15BrN2O3S. The van der Waals surface area contributed by atoms with Crippen molar-refractivity contribution in [1.29, 1.82) is 0 Å². The first-order valence-electron chi connectivity index (χ1n) is 7.31. The van der Waals surface area contributed by atoms with Crippen molar-refractivity contribution in [1.82, 2.24) is 0 Å². The Morgan fingerprint density at radius 3 is 2.54 bits per heavy atom. The monoisotopic (exact) mass is 406 g/mol. The summed E-state index contributed by atoms with van der Waals surface area (Å²) in [5.41, 5.74) is 3.18. The van der Waals surface area contributed by atoms with Crippen molar-refractivity contribution >= 4 is 54.9 Å². The number of hydrogen-bond acceptors (Lipinski definition) is 3. The van der Waals surface area contributed by atoms with Crippen LogP contribution in [0.4, 0.5) is 11.4 Å². The number of nitrogens with one attached hydrogen (secondary N) is 2. The molecule has 5 nitrogen and oxygen atoms in total. The largest absolute Gasteiger partial charge is 0.321 e. The predicted molar refractivity (Wildman–Crippen MR) is 100 cm³/mol. The van der Waals surface area contributed by atoms with E-state index in [4.69, 9.17) is 0 Å². The fourth-order valence-corrected chi connectivity index (χ4v) is 3.27. The summed E-state index contributed by atoms with van der Waals surface area (Å²) in [6.45, 7) is 1.57. The lowest BCUT2D eigenvalue weighted by Crippen LogP contribution is -2.14. The number of hydrogen-bond donors (Lipinski definition) is 2. The molecule has 1 heterocycles. The Morgan fingerprint density at radius 1 is 1.17 bits per heavy atom. The van der Waals surface area contributed by atoms with E-state index in [1.54, 1.807) is 31.2 Å². The van der Waals surface area contributed by atoms with Crippen molar-refractivity contribution in [3.8, 4) is 0 Å². The van der Waals surface area contributed by atoms with Crippen LogP contribution in [0, 0.1) is 0 Å². The van der Waals surface area contributed by atoms with Crippen LogP contribution in [0.15, 0.2) is 46.9 Å². The van der Waals surface area contributed by atoms with Gasteiger partial charge >= 0.3 is 0 Å². The summed E-state index contributed by atoms with van der Waals surface area (Å²) < 4.78 is 26.9. The fourth-order valence-electron chi connectivity index (χ4n) is 2.37. The number of amides is 1. The first-order valence-corrected chi connectivity index (χ1v) is 9.76. The lowest BCUT2D eigenvalue weighted by Gasteiger charge is -2.07. The van der Waals surface area contributed by atoms with Gasteiger partial charge in [-0.3, -0.25) is 9.52 Å². The van der Waals surface area contributed by atoms with Gasteiger partial charge in [0.05, 0.1) is 5.75 Å². The molecule has 0 saturated carbocycles. The quantitative estimate of drug-likeness (QED) is 0.759. The van der Waals surface area contributed by atoms with Crippen LogP contribution < -0.4 is 10.0 Å². The molecule has 2 N–H and O–H groups in total. The second-order valence-electron chi connectivity index (χ2n) is 5.33. The summed E-state index contributed by atoms with van der Waals surface area (Å²) in [4.78, 5) is 12.2. The second kappa shape index (κ2) is 6.41. The fraction of sp³-hybridized carbons (Fsp3) is 0.118. The molecule has 1 amide bonds. The van der Waals surface area contributed by atoms with Crippen molar-refractivity contribution in [2.45, 2.75) is 6.92 Å². The number of carbonyl (C=O) groups excluding carboxylic acids is 1. The van der Waals surface area contributed by atoms with Gasteiger partial charge in [-0.05, 0) is 48.9 Å². The van der Waals surface area contributed by atoms with Gasteiger partial charge in [0.2, 0.25) is 10.0 Å². The highest BCUT2D eigenvalue weighted by Gasteiger charge is 2.24. The Balaban J connectivity index is 2.00. The first kappa shape index (κ1) is 16.7. The molecule has 24 heavy (non-hydrogen) atoms. The number of rotatable bonds is 4. The highest BCUT2D eigenvalue weighted by atomic mass is 79.9. The molecule has 7 heteroatoms. The Labute approximate surface area is 149 Å². The molecule has 1 aliphatic rings. The zero-order valence-electron chi connectivity index (χ0n) is 12.8. The molecule has 0 fully saturated rings. The molecule has 0 aromatic heterocycles. The number of fused-ring (bicyclic) bond motifs is 1. The molecule has 3 rings (SSSR count). The van der Waals surface area contributed by atoms with Crippen molar-refractivity contribution in [3.63, 3.8) is 0 Å². The van der Waals surface area contributed by atoms with Gasteiger partial charge in [0.1, 0.15) is 0 Å². The number of benzene rings is 2. The van der Waals surface area contributed by atoms with E-state index in [1.165, 1.54) is 0 Å². The van der Waals surface area contributed by atoms with Gasteiger partial charge in [0.15, 0.2) is 0 Å². The summed E-state index contributed by atoms with van der Waals surface area (Å²) in [5, 5.41) is 2.79. The van der Waals surface area contributed by atoms with Crippen molar-refractivity contribution in [3.05, 3.63) is 58.1 Å². The smallest absolute Gasteiger partial charge is 0.256 e. The van der Waals surface area contributed by atoms with E-state index in [0.29, 0.717) is 22.5 Å². The maximum atomic E-state index is 12.2. The van der Waals surface area contributed by atoms with Gasteiger partial charge in [-0.2, -0.15) is 0 Å². The van der Waals surface area contributed by atoms with E-state index < -0.39 is 10.0 Å². The topological polar surface area (TPSA) is 75.3 Å². The zero-order valence-corrected chi connectivity index (χ0v) is 15.2. The van der Waals surface area contributed by atoms with Gasteiger partial charge < -0.3 is 5.32 Å². The molecule has 0 unspecified atom stereocenters. The Morgan fingerprint density at radius 2 is 1.88 bits per heavy atom. The van der Waals surface area contributed by atoms with Crippen LogP contribution in [-0.2, 0) is 14.8 Å². The standard InChI is InChI=1S/C17H15BrN2O3S/c1-2-24(22,23)20-13-7-8-16-14(10-13)15(17(21)19-16)9-11-3-5-12(18)6-4-11/h3-10,20H,2H2,1H3,(H,19,21). The van der Waals surface area contributed by atoms with Gasteiger partial charge in [0, 0.05) is 27.0 Å². The molecular weight excluding hydrogens is 392 g/mol. The summed E-state index contributed by atoms with van der Waals surface area (Å²) in [7, 11) is -3.36. The average Bonchev–Trinajstić information content (AvgIpc) is 2.85. The maximum absolute atomic E-state index is 12.2. The summed E-state index contributed by atoms with van der Waals surface area (Å²) in [6, 6.07) is 12.6. The lowest BCUT2D eigenvalue weighted by molar-refractivity contribution is -0.110. The summed E-state index contributed by atoms with van der Waals surface area (Å²) in [6.07, 6.45) is 1.78. The highest BCUT2D eigenvalue weighted by Crippen LogP contribution is 2.35. The highest BCUT2D eigenvalue weighted by molar-refractivity contribution is 9.10. The Bertz CT molecular complexity index is 935. The number of sulfonamides is 1. The lowest BCUT2D eigenvalue weighted by atomic mass is 10.0. The van der Waals surface area contributed by atoms with Crippen LogP contribution in [0.2, 0.25) is 0 Å². The van der Waals surface area contributed by atoms with E-state index in [-0.39, 0.29) is 11.7 Å². The van der Waals surface area contributed by atoms with Crippen molar-refractivity contribution in [2.75, 3.05) is 15.8 Å². The third-order valence-corrected chi connectivity index (χ3v) is 5.47. The molecule has 0 atom stereocenters. The average molecular weight is 407 g/mol. The normalized spacial score (nSPS) is 15.2. The minimum atomic E-state index is -3.36. The Kier molecular flexibility index (Phi) is 4.47. The van der Waals surface area contributed by atoms with E-state index in [9.17, 15) is 13.2 Å². The molecule has 2 aromatic carbocycles. The van der Waals surface area contributed by atoms with Crippen LogP contribution in [0.1, 0.15) is 18.1 Å². The molecule has 2 aromatic rings. The van der Waals surface area contributed by atoms with Crippen molar-refractivity contribution < 1.29 is 13.2 Å². The molecule has 0 bridgehead atoms. The number of anilines is 2. The van der Waals surface area contributed by atoms with Crippen LogP contribution in [0.3, 0.4) is 0 Å². The second-order valence-corrected chi connectivity index (χ2v) is 8.26. The Hall–Kier alpha value is -2.12. The van der Waals surface area contributed by atoms with Gasteiger partial charge in [-0.15, -0.1) is 0 Å². The summed E-state index contributed by atoms with van der Waals surface area (Å²) in [5.74, 6) is -0.216. The van der Waals surface area contributed by atoms with Gasteiger partial charge in [-0.1, -0.05) is 28.1 Å². The van der Waals surface area contributed by atoms with Gasteiger partial charge in [0.25, 0.3) is 5.91 Å². The third-order valence-electron chi connectivity index (χ3n) is 3.64. The number of halogens is 1. The van der Waals surface area contributed by atoms with Crippen LogP contribution >= 0.6 is 15.9 Å². The molecule has 1 aliphatic heterocycles. The van der Waals surface area contributed by atoms with E-state index in [0.717, 1.165) is 10.0 Å². The van der Waals surface area contributed by atoms with E-state index >= 15 is 0 Å². The SMILES string of the molecule is CCS(=O)(=O)Nc1ccc2c(c1)C(=Cc1ccc(Br)cc1)C(=O)N2. The third kappa shape index (κ3) is 3.52. The maximum Gasteiger partial charge on any atom is 0.256 e. The number of carbonyl (C=O) groups is 1. The zero-order chi connectivity index (χ0) is 17.3. The van der Waals surface area contributed by atoms with E-state index in [1.807, 2.05) is 24.3 Å². The van der Waals surface area contributed by atoms with Crippen LogP contribution in [-0.4, -0.2) is 20.1 Å². The van der Waals surface area contributed by atoms with Crippen LogP contribution in [0.25, 0.3) is 11.6 Å². The van der Waals surface area contributed by atoms with E-state index in [2.05, 4.69) is 26.0 Å². The molecule has 0 radical (unpaired) electrons. The summed E-state index contributed by atoms with van der Waals surface area (Å²) >= 11 is 3.37. The predicted octanol–water partition coefficient (Wildman–Crippen LogP) is 3.70. The minimum Gasteiger partial charge on any atom is -0.321 e. The van der Waals surface area contributed by atoms with Crippen molar-refractivity contribution in [2.24, 2.45) is 0 Å². The molecule has 124 valence electrons. The first-order chi connectivity index (χ1) is 11.4. The molecule has 0 saturated heterocycles. The molecule has 0 aliphatic carbocycles. The van der Waals surface area contributed by atoms with Gasteiger partial charge in [-0.25, -0.2) is 8.42 Å².